The summed E-state index contributed by atoms with van der Waals surface area (Å²) in [7, 11) is 0. The van der Waals surface area contributed by atoms with Gasteiger partial charge in [0.05, 0.1) is 6.54 Å². The van der Waals surface area contributed by atoms with Gasteiger partial charge in [-0.3, -0.25) is 9.48 Å². The van der Waals surface area contributed by atoms with Gasteiger partial charge in [0.15, 0.2) is 0 Å². The van der Waals surface area contributed by atoms with Crippen LogP contribution in [0.25, 0.3) is 0 Å². The maximum absolute atomic E-state index is 13.2. The molecule has 1 fully saturated rings. The van der Waals surface area contributed by atoms with E-state index in [0.29, 0.717) is 36.8 Å². The number of halogens is 3. The standard InChI is InChI=1S/C18H18F3N3O2/c19-13-2-1-3-15(6-13)26-11-14-7-16-17(25)23(4-5-24(16)22-14)10-12-8-18(20,21)9-12/h1-3,6-7,12H,4-5,8-11H2. The van der Waals surface area contributed by atoms with E-state index in [0.717, 1.165) is 0 Å². The molecule has 2 aromatic rings. The summed E-state index contributed by atoms with van der Waals surface area (Å²) in [6.45, 7) is 1.45. The lowest BCUT2D eigenvalue weighted by Gasteiger charge is -2.39. The molecule has 26 heavy (non-hydrogen) atoms. The first-order valence-electron chi connectivity index (χ1n) is 8.52. The number of alkyl halides is 2. The van der Waals surface area contributed by atoms with E-state index in [2.05, 4.69) is 5.10 Å². The molecule has 0 saturated heterocycles. The van der Waals surface area contributed by atoms with Crippen LogP contribution in [0.3, 0.4) is 0 Å². The highest BCUT2D eigenvalue weighted by atomic mass is 19.3. The molecule has 0 atom stereocenters. The quantitative estimate of drug-likeness (QED) is 0.818. The summed E-state index contributed by atoms with van der Waals surface area (Å²) in [6.07, 6.45) is -0.300. The lowest BCUT2D eigenvalue weighted by Crippen LogP contribution is -2.47. The van der Waals surface area contributed by atoms with E-state index >= 15 is 0 Å². The van der Waals surface area contributed by atoms with Gasteiger partial charge in [0.2, 0.25) is 5.92 Å². The van der Waals surface area contributed by atoms with Crippen LogP contribution in [0.2, 0.25) is 0 Å². The first-order valence-corrected chi connectivity index (χ1v) is 8.52. The molecule has 1 aliphatic heterocycles. The Hall–Kier alpha value is -2.51. The molecule has 0 spiro atoms. The molecule has 0 unspecified atom stereocenters. The minimum Gasteiger partial charge on any atom is -0.487 e. The second kappa shape index (κ2) is 6.34. The van der Waals surface area contributed by atoms with Gasteiger partial charge in [0.1, 0.15) is 29.6 Å². The summed E-state index contributed by atoms with van der Waals surface area (Å²) in [6, 6.07) is 7.43. The number of carbonyl (C=O) groups excluding carboxylic acids is 1. The Balaban J connectivity index is 1.39. The molecular formula is C18H18F3N3O2. The van der Waals surface area contributed by atoms with Crippen molar-refractivity contribution in [1.82, 2.24) is 14.7 Å². The van der Waals surface area contributed by atoms with E-state index in [1.807, 2.05) is 0 Å². The van der Waals surface area contributed by atoms with Gasteiger partial charge in [-0.15, -0.1) is 0 Å². The largest absolute Gasteiger partial charge is 0.487 e. The molecule has 1 aromatic heterocycles. The van der Waals surface area contributed by atoms with E-state index in [9.17, 15) is 18.0 Å². The molecule has 138 valence electrons. The van der Waals surface area contributed by atoms with Crippen LogP contribution >= 0.6 is 0 Å². The molecule has 1 aliphatic carbocycles. The Bertz CT molecular complexity index is 829. The molecule has 2 aliphatic rings. The Morgan fingerprint density at radius 3 is 2.77 bits per heavy atom. The fourth-order valence-electron chi connectivity index (χ4n) is 3.48. The second-order valence-corrected chi connectivity index (χ2v) is 6.87. The molecular weight excluding hydrogens is 347 g/mol. The summed E-state index contributed by atoms with van der Waals surface area (Å²) >= 11 is 0. The van der Waals surface area contributed by atoms with Gasteiger partial charge in [0, 0.05) is 32.0 Å². The van der Waals surface area contributed by atoms with Crippen LogP contribution in [0.4, 0.5) is 13.2 Å². The maximum Gasteiger partial charge on any atom is 0.272 e. The van der Waals surface area contributed by atoms with E-state index in [1.165, 1.54) is 12.1 Å². The Kier molecular flexibility index (Phi) is 4.13. The maximum atomic E-state index is 13.2. The zero-order valence-electron chi connectivity index (χ0n) is 14.0. The van der Waals surface area contributed by atoms with Crippen molar-refractivity contribution in [3.8, 4) is 5.75 Å². The number of benzene rings is 1. The minimum atomic E-state index is -2.58. The molecule has 0 N–H and O–H groups in total. The molecule has 4 rings (SSSR count). The van der Waals surface area contributed by atoms with Gasteiger partial charge < -0.3 is 9.64 Å². The molecule has 8 heteroatoms. The van der Waals surface area contributed by atoms with Crippen LogP contribution < -0.4 is 4.74 Å². The smallest absolute Gasteiger partial charge is 0.272 e. The van der Waals surface area contributed by atoms with Crippen molar-refractivity contribution in [3.63, 3.8) is 0 Å². The minimum absolute atomic E-state index is 0.117. The number of carbonyl (C=O) groups is 1. The van der Waals surface area contributed by atoms with Gasteiger partial charge in [-0.2, -0.15) is 5.10 Å². The van der Waals surface area contributed by atoms with E-state index in [4.69, 9.17) is 4.74 Å². The van der Waals surface area contributed by atoms with Crippen molar-refractivity contribution in [3.05, 3.63) is 47.5 Å². The molecule has 0 radical (unpaired) electrons. The highest BCUT2D eigenvalue weighted by Crippen LogP contribution is 2.42. The van der Waals surface area contributed by atoms with Crippen molar-refractivity contribution in [2.45, 2.75) is 31.9 Å². The first-order chi connectivity index (χ1) is 12.4. The predicted octanol–water partition coefficient (Wildman–Crippen LogP) is 3.10. The van der Waals surface area contributed by atoms with E-state index in [1.54, 1.807) is 27.8 Å². The Labute approximate surface area is 148 Å². The molecule has 2 heterocycles. The number of hydrogen-bond acceptors (Lipinski definition) is 3. The zero-order chi connectivity index (χ0) is 18.3. The van der Waals surface area contributed by atoms with Crippen molar-refractivity contribution in [2.75, 3.05) is 13.1 Å². The van der Waals surface area contributed by atoms with Crippen LogP contribution in [0, 0.1) is 11.7 Å². The Morgan fingerprint density at radius 2 is 2.04 bits per heavy atom. The average molecular weight is 365 g/mol. The summed E-state index contributed by atoms with van der Waals surface area (Å²) in [5.41, 5.74) is 0.995. The number of ether oxygens (including phenoxy) is 1. The summed E-state index contributed by atoms with van der Waals surface area (Å²) in [5, 5.41) is 4.34. The van der Waals surface area contributed by atoms with Crippen LogP contribution in [-0.2, 0) is 13.2 Å². The molecule has 5 nitrogen and oxygen atoms in total. The van der Waals surface area contributed by atoms with Crippen LogP contribution in [0.1, 0.15) is 29.0 Å². The highest BCUT2D eigenvalue weighted by molar-refractivity contribution is 5.93. The van der Waals surface area contributed by atoms with Crippen LogP contribution in [-0.4, -0.2) is 39.6 Å². The van der Waals surface area contributed by atoms with Gasteiger partial charge in [-0.05, 0) is 24.1 Å². The lowest BCUT2D eigenvalue weighted by molar-refractivity contribution is -0.114. The van der Waals surface area contributed by atoms with Gasteiger partial charge in [-0.25, -0.2) is 13.2 Å². The summed E-state index contributed by atoms with van der Waals surface area (Å²) in [5.74, 6) is -2.92. The monoisotopic (exact) mass is 365 g/mol. The lowest BCUT2D eigenvalue weighted by atomic mass is 9.81. The molecule has 0 bridgehead atoms. The number of hydrogen-bond donors (Lipinski definition) is 0. The van der Waals surface area contributed by atoms with E-state index in [-0.39, 0.29) is 37.1 Å². The van der Waals surface area contributed by atoms with Gasteiger partial charge in [-0.1, -0.05) is 6.07 Å². The zero-order valence-corrected chi connectivity index (χ0v) is 14.0. The van der Waals surface area contributed by atoms with Gasteiger partial charge in [0.25, 0.3) is 5.91 Å². The average Bonchev–Trinajstić information content (AvgIpc) is 2.98. The second-order valence-electron chi connectivity index (χ2n) is 6.87. The van der Waals surface area contributed by atoms with Crippen molar-refractivity contribution >= 4 is 5.91 Å². The Morgan fingerprint density at radius 1 is 1.23 bits per heavy atom. The van der Waals surface area contributed by atoms with Crippen LogP contribution in [0.15, 0.2) is 30.3 Å². The van der Waals surface area contributed by atoms with Crippen LogP contribution in [0.5, 0.6) is 5.75 Å². The summed E-state index contributed by atoms with van der Waals surface area (Å²) in [4.78, 5) is 14.2. The SMILES string of the molecule is O=C1c2cc(COc3cccc(F)c3)nn2CCN1CC1CC(F)(F)C1. The highest BCUT2D eigenvalue weighted by Gasteiger charge is 2.46. The summed E-state index contributed by atoms with van der Waals surface area (Å²) < 4.78 is 46.2. The molecule has 1 amide bonds. The molecule has 1 aromatic carbocycles. The number of aromatic nitrogens is 2. The molecule has 1 saturated carbocycles. The van der Waals surface area contributed by atoms with Gasteiger partial charge >= 0.3 is 0 Å². The normalized spacial score (nSPS) is 19.2. The topological polar surface area (TPSA) is 47.4 Å². The fraction of sp³-hybridized carbons (Fsp3) is 0.444. The third-order valence-electron chi connectivity index (χ3n) is 4.75. The third kappa shape index (κ3) is 3.40. The van der Waals surface area contributed by atoms with E-state index < -0.39 is 5.92 Å². The number of nitrogens with zero attached hydrogens (tertiary/aromatic N) is 3. The van der Waals surface area contributed by atoms with Crippen molar-refractivity contribution in [2.24, 2.45) is 5.92 Å². The third-order valence-corrected chi connectivity index (χ3v) is 4.75. The fourth-order valence-corrected chi connectivity index (χ4v) is 3.48. The first kappa shape index (κ1) is 16.9. The predicted molar refractivity (Wildman–Crippen MR) is 86.5 cm³/mol. The number of rotatable bonds is 5. The van der Waals surface area contributed by atoms with Crippen molar-refractivity contribution < 1.29 is 22.7 Å². The number of fused-ring (bicyclic) bond motifs is 1. The number of amides is 1. The van der Waals surface area contributed by atoms with Crippen molar-refractivity contribution in [1.29, 1.82) is 0 Å².